The van der Waals surface area contributed by atoms with Gasteiger partial charge >= 0.3 is 12.4 Å². The first-order valence-corrected chi connectivity index (χ1v) is 7.73. The Morgan fingerprint density at radius 3 is 2.16 bits per heavy atom. The minimum absolute atomic E-state index is 0.00882. The molecule has 1 aromatic rings. The van der Waals surface area contributed by atoms with Gasteiger partial charge in [0.05, 0.1) is 23.8 Å². The molecule has 3 rings (SSSR count). The molecule has 2 heterocycles. The van der Waals surface area contributed by atoms with Crippen LogP contribution in [0.2, 0.25) is 0 Å². The molecular weight excluding hydrogens is 352 g/mol. The number of rotatable bonds is 3. The highest BCUT2D eigenvalue weighted by Gasteiger charge is 2.40. The minimum Gasteiger partial charge on any atom is -0.372 e. The van der Waals surface area contributed by atoms with E-state index in [0.717, 1.165) is 0 Å². The number of alkyl halides is 6. The zero-order valence-electron chi connectivity index (χ0n) is 13.0. The highest BCUT2D eigenvalue weighted by Crippen LogP contribution is 2.37. The second-order valence-corrected chi connectivity index (χ2v) is 6.32. The van der Waals surface area contributed by atoms with Crippen LogP contribution in [0.3, 0.4) is 0 Å². The number of nitrogens with zero attached hydrogens (tertiary/aromatic N) is 1. The SMILES string of the molecule is O=C1CCC2C[C@@H](OCc3cc(C(F)(F)F)cc(C(F)(F)F)c3)CN12. The smallest absolute Gasteiger partial charge is 0.372 e. The fourth-order valence-electron chi connectivity index (χ4n) is 3.32. The van der Waals surface area contributed by atoms with Gasteiger partial charge in [0.1, 0.15) is 0 Å². The average molecular weight is 367 g/mol. The predicted octanol–water partition coefficient (Wildman–Crippen LogP) is 4.00. The number of fused-ring (bicyclic) bond motifs is 1. The van der Waals surface area contributed by atoms with Crippen LogP contribution in [-0.4, -0.2) is 29.5 Å². The molecule has 2 fully saturated rings. The van der Waals surface area contributed by atoms with E-state index in [4.69, 9.17) is 4.74 Å². The molecule has 3 nitrogen and oxygen atoms in total. The lowest BCUT2D eigenvalue weighted by Crippen LogP contribution is -2.28. The van der Waals surface area contributed by atoms with Crippen LogP contribution in [0, 0.1) is 0 Å². The van der Waals surface area contributed by atoms with Gasteiger partial charge in [-0.3, -0.25) is 4.79 Å². The predicted molar refractivity (Wildman–Crippen MR) is 74.4 cm³/mol. The van der Waals surface area contributed by atoms with Gasteiger partial charge < -0.3 is 9.64 Å². The van der Waals surface area contributed by atoms with Gasteiger partial charge in [0.2, 0.25) is 5.91 Å². The Balaban J connectivity index is 1.73. The van der Waals surface area contributed by atoms with Gasteiger partial charge in [0.25, 0.3) is 0 Å². The number of carbonyl (C=O) groups excluding carboxylic acids is 1. The third kappa shape index (κ3) is 3.91. The van der Waals surface area contributed by atoms with Crippen LogP contribution in [0.1, 0.15) is 36.0 Å². The Hall–Kier alpha value is -1.77. The van der Waals surface area contributed by atoms with Crippen molar-refractivity contribution in [2.24, 2.45) is 0 Å². The van der Waals surface area contributed by atoms with Crippen molar-refractivity contribution in [3.05, 3.63) is 34.9 Å². The van der Waals surface area contributed by atoms with E-state index in [1.54, 1.807) is 4.90 Å². The van der Waals surface area contributed by atoms with Gasteiger partial charge in [-0.2, -0.15) is 26.3 Å². The monoisotopic (exact) mass is 367 g/mol. The second-order valence-electron chi connectivity index (χ2n) is 6.32. The summed E-state index contributed by atoms with van der Waals surface area (Å²) in [6.45, 7) is -0.0407. The first kappa shape index (κ1) is 18.0. The van der Waals surface area contributed by atoms with Gasteiger partial charge in [-0.25, -0.2) is 0 Å². The van der Waals surface area contributed by atoms with E-state index in [0.29, 0.717) is 37.9 Å². The molecule has 1 aromatic carbocycles. The van der Waals surface area contributed by atoms with E-state index in [1.807, 2.05) is 0 Å². The Kier molecular flexibility index (Phi) is 4.47. The van der Waals surface area contributed by atoms with Gasteiger partial charge in [0, 0.05) is 19.0 Å². The lowest BCUT2D eigenvalue weighted by molar-refractivity contribution is -0.143. The van der Waals surface area contributed by atoms with Crippen molar-refractivity contribution >= 4 is 5.91 Å². The van der Waals surface area contributed by atoms with Crippen LogP contribution in [0.25, 0.3) is 0 Å². The second kappa shape index (κ2) is 6.19. The van der Waals surface area contributed by atoms with E-state index < -0.39 is 23.5 Å². The Labute approximate surface area is 139 Å². The Morgan fingerprint density at radius 2 is 1.64 bits per heavy atom. The van der Waals surface area contributed by atoms with Crippen molar-refractivity contribution in [2.75, 3.05) is 6.54 Å². The maximum Gasteiger partial charge on any atom is 0.416 e. The number of benzene rings is 1. The summed E-state index contributed by atoms with van der Waals surface area (Å²) in [5, 5.41) is 0. The average Bonchev–Trinajstić information content (AvgIpc) is 3.05. The summed E-state index contributed by atoms with van der Waals surface area (Å²) in [5.74, 6) is 0.00882. The quantitative estimate of drug-likeness (QED) is 0.756. The molecule has 9 heteroatoms. The molecule has 1 amide bonds. The van der Waals surface area contributed by atoms with E-state index in [2.05, 4.69) is 0 Å². The molecular formula is C16H15F6NO2. The van der Waals surface area contributed by atoms with E-state index >= 15 is 0 Å². The molecule has 2 atom stereocenters. The third-order valence-electron chi connectivity index (χ3n) is 4.52. The largest absolute Gasteiger partial charge is 0.416 e. The van der Waals surface area contributed by atoms with Crippen LogP contribution in [0.5, 0.6) is 0 Å². The number of ether oxygens (including phenoxy) is 1. The Bertz CT molecular complexity index is 637. The van der Waals surface area contributed by atoms with Crippen molar-refractivity contribution in [1.29, 1.82) is 0 Å². The van der Waals surface area contributed by atoms with Crippen LogP contribution in [-0.2, 0) is 28.5 Å². The van der Waals surface area contributed by atoms with Gasteiger partial charge in [-0.05, 0) is 36.6 Å². The van der Waals surface area contributed by atoms with Crippen LogP contribution in [0.15, 0.2) is 18.2 Å². The van der Waals surface area contributed by atoms with Crippen LogP contribution in [0.4, 0.5) is 26.3 Å². The molecule has 0 N–H and O–H groups in total. The maximum absolute atomic E-state index is 12.8. The van der Waals surface area contributed by atoms with Gasteiger partial charge in [0.15, 0.2) is 0 Å². The topological polar surface area (TPSA) is 29.5 Å². The Morgan fingerprint density at radius 1 is 1.04 bits per heavy atom. The third-order valence-corrected chi connectivity index (χ3v) is 4.52. The van der Waals surface area contributed by atoms with E-state index in [-0.39, 0.29) is 36.3 Å². The normalized spacial score (nSPS) is 24.1. The van der Waals surface area contributed by atoms with E-state index in [1.165, 1.54) is 0 Å². The summed E-state index contributed by atoms with van der Waals surface area (Å²) < 4.78 is 82.4. The number of hydrogen-bond acceptors (Lipinski definition) is 2. The van der Waals surface area contributed by atoms with Crippen LogP contribution >= 0.6 is 0 Å². The molecule has 2 aliphatic heterocycles. The molecule has 0 saturated carbocycles. The highest BCUT2D eigenvalue weighted by atomic mass is 19.4. The number of amides is 1. The lowest BCUT2D eigenvalue weighted by Gasteiger charge is -2.17. The zero-order chi connectivity index (χ0) is 18.4. The van der Waals surface area contributed by atoms with Crippen molar-refractivity contribution in [2.45, 2.75) is 50.4 Å². The minimum atomic E-state index is -4.88. The summed E-state index contributed by atoms with van der Waals surface area (Å²) in [6, 6.07) is 1.48. The van der Waals surface area contributed by atoms with Crippen molar-refractivity contribution in [1.82, 2.24) is 4.90 Å². The lowest BCUT2D eigenvalue weighted by atomic mass is 10.0. The van der Waals surface area contributed by atoms with Gasteiger partial charge in [-0.1, -0.05) is 0 Å². The molecule has 1 unspecified atom stereocenters. The van der Waals surface area contributed by atoms with Crippen molar-refractivity contribution in [3.8, 4) is 0 Å². The molecule has 0 spiro atoms. The number of hydrogen-bond donors (Lipinski definition) is 0. The molecule has 25 heavy (non-hydrogen) atoms. The van der Waals surface area contributed by atoms with E-state index in [9.17, 15) is 31.1 Å². The fourth-order valence-corrected chi connectivity index (χ4v) is 3.32. The number of carbonyl (C=O) groups is 1. The fraction of sp³-hybridized carbons (Fsp3) is 0.562. The molecule has 0 aliphatic carbocycles. The van der Waals surface area contributed by atoms with Crippen LogP contribution < -0.4 is 0 Å². The highest BCUT2D eigenvalue weighted by molar-refractivity contribution is 5.79. The molecule has 0 bridgehead atoms. The van der Waals surface area contributed by atoms with Gasteiger partial charge in [-0.15, -0.1) is 0 Å². The first-order valence-electron chi connectivity index (χ1n) is 7.73. The summed E-state index contributed by atoms with van der Waals surface area (Å²) in [5.41, 5.74) is -2.91. The molecule has 2 saturated heterocycles. The number of halogens is 6. The molecule has 0 radical (unpaired) electrons. The molecule has 0 aromatic heterocycles. The summed E-state index contributed by atoms with van der Waals surface area (Å²) in [7, 11) is 0. The summed E-state index contributed by atoms with van der Waals surface area (Å²) >= 11 is 0. The standard InChI is InChI=1S/C16H15F6NO2/c17-15(18,19)10-3-9(4-11(5-10)16(20,21)22)8-25-13-6-12-1-2-14(24)23(12)7-13/h3-5,12-13H,1-2,6-8H2/t12?,13-/m1/s1. The van der Waals surface area contributed by atoms with Crippen molar-refractivity contribution in [3.63, 3.8) is 0 Å². The first-order chi connectivity index (χ1) is 11.5. The maximum atomic E-state index is 12.8. The summed E-state index contributed by atoms with van der Waals surface area (Å²) in [4.78, 5) is 13.3. The molecule has 2 aliphatic rings. The molecule has 138 valence electrons. The van der Waals surface area contributed by atoms with Crippen molar-refractivity contribution < 1.29 is 35.9 Å². The zero-order valence-corrected chi connectivity index (χ0v) is 13.0. The summed E-state index contributed by atoms with van der Waals surface area (Å²) in [6.07, 6.45) is -8.40.